The van der Waals surface area contributed by atoms with Crippen LogP contribution in [0.4, 0.5) is 0 Å². The van der Waals surface area contributed by atoms with Gasteiger partial charge in [0.05, 0.1) is 5.84 Å². The highest BCUT2D eigenvalue weighted by Gasteiger charge is 2.27. The van der Waals surface area contributed by atoms with Gasteiger partial charge in [-0.2, -0.15) is 0 Å². The summed E-state index contributed by atoms with van der Waals surface area (Å²) >= 11 is 0. The van der Waals surface area contributed by atoms with Crippen LogP contribution in [0.2, 0.25) is 0 Å². The Kier molecular flexibility index (Phi) is 2.49. The van der Waals surface area contributed by atoms with Crippen molar-refractivity contribution in [1.29, 1.82) is 0 Å². The van der Waals surface area contributed by atoms with Crippen LogP contribution >= 0.6 is 0 Å². The quantitative estimate of drug-likeness (QED) is 0.440. The number of hydrogen-bond donors (Lipinski definition) is 2. The minimum absolute atomic E-state index is 0.481. The molecule has 1 rings (SSSR count). The predicted octanol–water partition coefficient (Wildman–Crippen LogP) is 1.02. The average molecular weight is 156 g/mol. The highest BCUT2D eigenvalue weighted by atomic mass is 16.3. The van der Waals surface area contributed by atoms with Crippen molar-refractivity contribution in [3.63, 3.8) is 0 Å². The van der Waals surface area contributed by atoms with Crippen LogP contribution in [0.1, 0.15) is 39.0 Å². The lowest BCUT2D eigenvalue weighted by atomic mass is 9.92. The Balaban J connectivity index is 2.57. The maximum atomic E-state index is 9.77. The molecule has 0 aromatic carbocycles. The number of aliphatic hydroxyl groups is 1. The van der Waals surface area contributed by atoms with Gasteiger partial charge in [-0.15, -0.1) is 0 Å². The van der Waals surface area contributed by atoms with E-state index in [1.54, 1.807) is 6.92 Å². The normalized spacial score (nSPS) is 25.1. The Morgan fingerprint density at radius 3 is 2.36 bits per heavy atom. The van der Waals surface area contributed by atoms with E-state index in [9.17, 15) is 5.11 Å². The van der Waals surface area contributed by atoms with Gasteiger partial charge in [0, 0.05) is 0 Å². The van der Waals surface area contributed by atoms with Crippen LogP contribution in [0, 0.1) is 0 Å². The fourth-order valence-electron chi connectivity index (χ4n) is 1.56. The molecule has 64 valence electrons. The molecule has 0 radical (unpaired) electrons. The number of aliphatic imine (C=N–C) groups is 1. The summed E-state index contributed by atoms with van der Waals surface area (Å²) in [6, 6.07) is 0. The first-order chi connectivity index (χ1) is 5.12. The first-order valence-corrected chi connectivity index (χ1v) is 4.17. The molecule has 0 spiro atoms. The van der Waals surface area contributed by atoms with E-state index >= 15 is 0 Å². The summed E-state index contributed by atoms with van der Waals surface area (Å²) in [5.41, 5.74) is 4.56. The molecule has 3 N–H and O–H groups in total. The van der Waals surface area contributed by atoms with Gasteiger partial charge in [-0.25, -0.2) is 4.99 Å². The standard InChI is InChI=1S/C8H16N2O/c1-7(9)10-8(11)5-3-2-4-6-8/h11H,2-6H2,1H3,(H2,9,10). The largest absolute Gasteiger partial charge is 0.388 e. The van der Waals surface area contributed by atoms with Gasteiger partial charge in [-0.1, -0.05) is 6.42 Å². The van der Waals surface area contributed by atoms with Gasteiger partial charge in [0.25, 0.3) is 0 Å². The fourth-order valence-corrected chi connectivity index (χ4v) is 1.56. The maximum Gasteiger partial charge on any atom is 0.157 e. The number of amidine groups is 1. The molecule has 0 aromatic rings. The fraction of sp³-hybridized carbons (Fsp3) is 0.875. The molecule has 11 heavy (non-hydrogen) atoms. The van der Waals surface area contributed by atoms with Crippen LogP contribution in [0.3, 0.4) is 0 Å². The van der Waals surface area contributed by atoms with Gasteiger partial charge < -0.3 is 10.8 Å². The van der Waals surface area contributed by atoms with Crippen molar-refractivity contribution in [3.8, 4) is 0 Å². The molecule has 1 aliphatic carbocycles. The molecule has 3 nitrogen and oxygen atoms in total. The smallest absolute Gasteiger partial charge is 0.157 e. The third-order valence-electron chi connectivity index (χ3n) is 2.04. The van der Waals surface area contributed by atoms with Crippen LogP contribution in [0.5, 0.6) is 0 Å². The van der Waals surface area contributed by atoms with Crippen molar-refractivity contribution in [2.45, 2.75) is 44.8 Å². The predicted molar refractivity (Wildman–Crippen MR) is 45.3 cm³/mol. The molecule has 1 aliphatic rings. The first-order valence-electron chi connectivity index (χ1n) is 4.17. The number of rotatable bonds is 1. The number of hydrogen-bond acceptors (Lipinski definition) is 2. The van der Waals surface area contributed by atoms with E-state index in [0.29, 0.717) is 5.84 Å². The second-order valence-electron chi connectivity index (χ2n) is 3.30. The van der Waals surface area contributed by atoms with E-state index in [1.807, 2.05) is 0 Å². The molecule has 0 atom stereocenters. The number of nitrogens with two attached hydrogens (primary N) is 1. The van der Waals surface area contributed by atoms with Crippen molar-refractivity contribution >= 4 is 5.84 Å². The third kappa shape index (κ3) is 2.50. The summed E-state index contributed by atoms with van der Waals surface area (Å²) in [6.07, 6.45) is 4.87. The Labute approximate surface area is 67.3 Å². The molecule has 0 amide bonds. The highest BCUT2D eigenvalue weighted by molar-refractivity contribution is 5.77. The van der Waals surface area contributed by atoms with Crippen molar-refractivity contribution in [1.82, 2.24) is 0 Å². The van der Waals surface area contributed by atoms with E-state index in [2.05, 4.69) is 4.99 Å². The molecule has 3 heteroatoms. The lowest BCUT2D eigenvalue weighted by Crippen LogP contribution is -2.31. The van der Waals surface area contributed by atoms with Crippen LogP contribution in [-0.2, 0) is 0 Å². The molecule has 0 aliphatic heterocycles. The zero-order chi connectivity index (χ0) is 8.32. The van der Waals surface area contributed by atoms with Crippen LogP contribution < -0.4 is 5.73 Å². The summed E-state index contributed by atoms with van der Waals surface area (Å²) < 4.78 is 0. The molecule has 0 aromatic heterocycles. The summed E-state index contributed by atoms with van der Waals surface area (Å²) in [7, 11) is 0. The molecule has 0 saturated heterocycles. The Morgan fingerprint density at radius 2 is 1.91 bits per heavy atom. The zero-order valence-corrected chi connectivity index (χ0v) is 7.01. The lowest BCUT2D eigenvalue weighted by Gasteiger charge is -2.28. The molecule has 1 fully saturated rings. The average Bonchev–Trinajstić information content (AvgIpc) is 1.85. The first kappa shape index (κ1) is 8.53. The molecule has 0 bridgehead atoms. The van der Waals surface area contributed by atoms with Gasteiger partial charge >= 0.3 is 0 Å². The monoisotopic (exact) mass is 156 g/mol. The maximum absolute atomic E-state index is 9.77. The van der Waals surface area contributed by atoms with Gasteiger partial charge in [0.2, 0.25) is 0 Å². The zero-order valence-electron chi connectivity index (χ0n) is 7.01. The highest BCUT2D eigenvalue weighted by Crippen LogP contribution is 2.28. The molecule has 1 saturated carbocycles. The number of nitrogens with zero attached hydrogens (tertiary/aromatic N) is 1. The third-order valence-corrected chi connectivity index (χ3v) is 2.04. The Hall–Kier alpha value is -0.570. The summed E-state index contributed by atoms with van der Waals surface area (Å²) in [6.45, 7) is 1.71. The van der Waals surface area contributed by atoms with Crippen molar-refractivity contribution in [3.05, 3.63) is 0 Å². The van der Waals surface area contributed by atoms with Crippen molar-refractivity contribution in [2.24, 2.45) is 10.7 Å². The van der Waals surface area contributed by atoms with Crippen LogP contribution in [-0.4, -0.2) is 16.7 Å². The Morgan fingerprint density at radius 1 is 1.36 bits per heavy atom. The molecule has 0 unspecified atom stereocenters. The SMILES string of the molecule is CC(N)=NC1(O)CCCCC1. The van der Waals surface area contributed by atoms with Gasteiger partial charge in [0.1, 0.15) is 0 Å². The van der Waals surface area contributed by atoms with Gasteiger partial charge in [-0.3, -0.25) is 0 Å². The van der Waals surface area contributed by atoms with Crippen molar-refractivity contribution < 1.29 is 5.11 Å². The summed E-state index contributed by atoms with van der Waals surface area (Å²) in [5.74, 6) is 0.481. The molecular weight excluding hydrogens is 140 g/mol. The second kappa shape index (κ2) is 3.22. The van der Waals surface area contributed by atoms with Crippen LogP contribution in [0.25, 0.3) is 0 Å². The van der Waals surface area contributed by atoms with E-state index in [-0.39, 0.29) is 0 Å². The van der Waals surface area contributed by atoms with E-state index < -0.39 is 5.72 Å². The Bertz CT molecular complexity index is 155. The molecule has 0 heterocycles. The van der Waals surface area contributed by atoms with Crippen molar-refractivity contribution in [2.75, 3.05) is 0 Å². The van der Waals surface area contributed by atoms with Gasteiger partial charge in [0.15, 0.2) is 5.72 Å². The van der Waals surface area contributed by atoms with Crippen LogP contribution in [0.15, 0.2) is 4.99 Å². The van der Waals surface area contributed by atoms with E-state index in [1.165, 1.54) is 6.42 Å². The lowest BCUT2D eigenvalue weighted by molar-refractivity contribution is 0.0128. The topological polar surface area (TPSA) is 58.6 Å². The molecular formula is C8H16N2O. The van der Waals surface area contributed by atoms with E-state index in [4.69, 9.17) is 5.73 Å². The summed E-state index contributed by atoms with van der Waals surface area (Å²) in [4.78, 5) is 4.02. The van der Waals surface area contributed by atoms with E-state index in [0.717, 1.165) is 25.7 Å². The minimum Gasteiger partial charge on any atom is -0.388 e. The summed E-state index contributed by atoms with van der Waals surface area (Å²) in [5, 5.41) is 9.77. The minimum atomic E-state index is -0.836. The van der Waals surface area contributed by atoms with Gasteiger partial charge in [-0.05, 0) is 32.6 Å². The second-order valence-corrected chi connectivity index (χ2v) is 3.30.